The summed E-state index contributed by atoms with van der Waals surface area (Å²) in [5.41, 5.74) is 6.83. The van der Waals surface area contributed by atoms with Gasteiger partial charge in [-0.05, 0) is 37.1 Å². The molecule has 2 N–H and O–H groups in total. The van der Waals surface area contributed by atoms with Gasteiger partial charge in [-0.1, -0.05) is 6.07 Å². The molecule has 24 heavy (non-hydrogen) atoms. The highest BCUT2D eigenvalue weighted by molar-refractivity contribution is 7.20. The van der Waals surface area contributed by atoms with E-state index in [4.69, 9.17) is 5.73 Å². The van der Waals surface area contributed by atoms with Crippen molar-refractivity contribution < 1.29 is 4.79 Å². The Morgan fingerprint density at radius 1 is 1.38 bits per heavy atom. The van der Waals surface area contributed by atoms with Gasteiger partial charge < -0.3 is 10.6 Å². The summed E-state index contributed by atoms with van der Waals surface area (Å²) in [6, 6.07) is 4.31. The van der Waals surface area contributed by atoms with E-state index in [1.54, 1.807) is 22.7 Å². The summed E-state index contributed by atoms with van der Waals surface area (Å²) in [4.78, 5) is 20.1. The number of piperidine rings is 1. The molecule has 8 heteroatoms. The van der Waals surface area contributed by atoms with Crippen LogP contribution in [0, 0.1) is 5.92 Å². The molecule has 1 amide bonds. The zero-order valence-corrected chi connectivity index (χ0v) is 16.8. The molecular weight excluding hydrogens is 385 g/mol. The van der Waals surface area contributed by atoms with Crippen LogP contribution in [-0.2, 0) is 11.2 Å². The summed E-state index contributed by atoms with van der Waals surface area (Å²) in [6.07, 6.45) is 2.44. The van der Waals surface area contributed by atoms with Crippen molar-refractivity contribution in [1.29, 1.82) is 0 Å². The van der Waals surface area contributed by atoms with Crippen LogP contribution in [0.2, 0.25) is 0 Å². The van der Waals surface area contributed by atoms with Crippen LogP contribution in [0.15, 0.2) is 22.9 Å². The van der Waals surface area contributed by atoms with Gasteiger partial charge in [-0.15, -0.1) is 47.5 Å². The second-order valence-corrected chi connectivity index (χ2v) is 7.68. The minimum atomic E-state index is 0. The number of thiophene rings is 1. The van der Waals surface area contributed by atoms with E-state index >= 15 is 0 Å². The first kappa shape index (κ1) is 21.4. The van der Waals surface area contributed by atoms with Gasteiger partial charge >= 0.3 is 0 Å². The standard InChI is InChI=1S/C16H21N3OS2.2ClH/c1-11(17)12-4-6-19(7-5-12)15(20)9-13-10-22-16(18-13)14-3-2-8-21-14;;/h2-3,8,10-12H,4-7,9,17H2,1H3;2*1H. The van der Waals surface area contributed by atoms with Gasteiger partial charge in [-0.2, -0.15) is 0 Å². The van der Waals surface area contributed by atoms with Gasteiger partial charge in [0.1, 0.15) is 5.01 Å². The molecule has 0 aromatic carbocycles. The predicted octanol–water partition coefficient (Wildman–Crippen LogP) is 3.84. The summed E-state index contributed by atoms with van der Waals surface area (Å²) in [6.45, 7) is 3.71. The van der Waals surface area contributed by atoms with Crippen LogP contribution in [0.1, 0.15) is 25.5 Å². The number of hydrogen-bond donors (Lipinski definition) is 1. The fraction of sp³-hybridized carbons (Fsp3) is 0.500. The van der Waals surface area contributed by atoms with Gasteiger partial charge in [0.25, 0.3) is 0 Å². The Hall–Kier alpha value is -0.660. The van der Waals surface area contributed by atoms with Gasteiger partial charge in [-0.25, -0.2) is 4.98 Å². The van der Waals surface area contributed by atoms with E-state index in [2.05, 4.69) is 18.0 Å². The van der Waals surface area contributed by atoms with E-state index in [1.807, 2.05) is 21.7 Å². The summed E-state index contributed by atoms with van der Waals surface area (Å²) >= 11 is 3.29. The molecule has 0 spiro atoms. The van der Waals surface area contributed by atoms with Crippen LogP contribution in [-0.4, -0.2) is 34.9 Å². The van der Waals surface area contributed by atoms with Crippen LogP contribution >= 0.6 is 47.5 Å². The van der Waals surface area contributed by atoms with Crippen molar-refractivity contribution >= 4 is 53.4 Å². The van der Waals surface area contributed by atoms with E-state index < -0.39 is 0 Å². The molecule has 4 nitrogen and oxygen atoms in total. The molecule has 1 atom stereocenters. The maximum absolute atomic E-state index is 12.4. The Morgan fingerprint density at radius 2 is 2.08 bits per heavy atom. The molecule has 2 aromatic heterocycles. The number of nitrogens with two attached hydrogens (primary N) is 1. The largest absolute Gasteiger partial charge is 0.342 e. The molecule has 3 rings (SSSR count). The van der Waals surface area contributed by atoms with E-state index in [0.717, 1.165) is 36.6 Å². The number of hydrogen-bond acceptors (Lipinski definition) is 5. The third-order valence-corrected chi connectivity index (χ3v) is 6.18. The first-order valence-corrected chi connectivity index (χ1v) is 9.41. The van der Waals surface area contributed by atoms with Crippen LogP contribution in [0.25, 0.3) is 9.88 Å². The average molecular weight is 408 g/mol. The van der Waals surface area contributed by atoms with Crippen LogP contribution in [0.3, 0.4) is 0 Å². The Balaban J connectivity index is 0.00000144. The minimum Gasteiger partial charge on any atom is -0.342 e. The number of halogens is 2. The molecule has 0 saturated carbocycles. The highest BCUT2D eigenvalue weighted by Crippen LogP contribution is 2.28. The molecular formula is C16H23Cl2N3OS2. The zero-order chi connectivity index (χ0) is 15.5. The minimum absolute atomic E-state index is 0. The predicted molar refractivity (Wildman–Crippen MR) is 107 cm³/mol. The van der Waals surface area contributed by atoms with Crippen molar-refractivity contribution in [3.63, 3.8) is 0 Å². The number of likely N-dealkylation sites (tertiary alicyclic amines) is 1. The Labute approximate surface area is 163 Å². The van der Waals surface area contributed by atoms with E-state index in [-0.39, 0.29) is 36.8 Å². The monoisotopic (exact) mass is 407 g/mol. The lowest BCUT2D eigenvalue weighted by Gasteiger charge is -2.33. The molecule has 1 aliphatic heterocycles. The van der Waals surface area contributed by atoms with Crippen molar-refractivity contribution in [3.8, 4) is 9.88 Å². The molecule has 3 heterocycles. The third kappa shape index (κ3) is 5.17. The molecule has 1 unspecified atom stereocenters. The van der Waals surface area contributed by atoms with Crippen LogP contribution in [0.4, 0.5) is 0 Å². The second kappa shape index (κ2) is 9.73. The molecule has 0 aliphatic carbocycles. The lowest BCUT2D eigenvalue weighted by molar-refractivity contribution is -0.132. The molecule has 1 fully saturated rings. The van der Waals surface area contributed by atoms with Crippen molar-refractivity contribution in [2.45, 2.75) is 32.2 Å². The molecule has 0 bridgehead atoms. The fourth-order valence-corrected chi connectivity index (χ4v) is 4.48. The quantitative estimate of drug-likeness (QED) is 0.836. The highest BCUT2D eigenvalue weighted by Gasteiger charge is 2.25. The number of aromatic nitrogens is 1. The van der Waals surface area contributed by atoms with Crippen molar-refractivity contribution in [3.05, 3.63) is 28.6 Å². The molecule has 1 aliphatic rings. The summed E-state index contributed by atoms with van der Waals surface area (Å²) < 4.78 is 0. The van der Waals surface area contributed by atoms with Gasteiger partial charge in [0.05, 0.1) is 17.0 Å². The molecule has 134 valence electrons. The Morgan fingerprint density at radius 3 is 2.67 bits per heavy atom. The SMILES string of the molecule is CC(N)C1CCN(C(=O)Cc2csc(-c3cccs3)n2)CC1.Cl.Cl. The van der Waals surface area contributed by atoms with Crippen molar-refractivity contribution in [1.82, 2.24) is 9.88 Å². The average Bonchev–Trinajstić information content (AvgIpc) is 3.18. The lowest BCUT2D eigenvalue weighted by Crippen LogP contribution is -2.43. The second-order valence-electron chi connectivity index (χ2n) is 5.88. The topological polar surface area (TPSA) is 59.2 Å². The van der Waals surface area contributed by atoms with E-state index in [0.29, 0.717) is 12.3 Å². The first-order valence-electron chi connectivity index (χ1n) is 7.65. The van der Waals surface area contributed by atoms with Gasteiger partial charge in [0.2, 0.25) is 5.91 Å². The number of rotatable bonds is 4. The molecule has 1 saturated heterocycles. The van der Waals surface area contributed by atoms with Gasteiger partial charge in [0, 0.05) is 24.5 Å². The normalized spacial score (nSPS) is 16.2. The molecule has 0 radical (unpaired) electrons. The third-order valence-electron chi connectivity index (χ3n) is 4.25. The number of thiazole rings is 1. The van der Waals surface area contributed by atoms with E-state index in [1.165, 1.54) is 4.88 Å². The van der Waals surface area contributed by atoms with Crippen LogP contribution in [0.5, 0.6) is 0 Å². The maximum Gasteiger partial charge on any atom is 0.228 e. The van der Waals surface area contributed by atoms with Crippen molar-refractivity contribution in [2.75, 3.05) is 13.1 Å². The number of amides is 1. The number of carbonyl (C=O) groups is 1. The maximum atomic E-state index is 12.4. The lowest BCUT2D eigenvalue weighted by atomic mass is 9.91. The smallest absolute Gasteiger partial charge is 0.228 e. The summed E-state index contributed by atoms with van der Waals surface area (Å²) in [5.74, 6) is 0.736. The first-order chi connectivity index (χ1) is 10.6. The van der Waals surface area contributed by atoms with E-state index in [9.17, 15) is 4.79 Å². The Kier molecular flexibility index (Phi) is 8.67. The van der Waals surface area contributed by atoms with Gasteiger partial charge in [-0.3, -0.25) is 4.79 Å². The molecule has 2 aromatic rings. The van der Waals surface area contributed by atoms with Crippen molar-refractivity contribution in [2.24, 2.45) is 11.7 Å². The summed E-state index contributed by atoms with van der Waals surface area (Å²) in [5, 5.41) is 5.06. The van der Waals surface area contributed by atoms with Gasteiger partial charge in [0.15, 0.2) is 0 Å². The Bertz CT molecular complexity index is 623. The zero-order valence-electron chi connectivity index (χ0n) is 13.5. The fourth-order valence-electron chi connectivity index (χ4n) is 2.84. The summed E-state index contributed by atoms with van der Waals surface area (Å²) in [7, 11) is 0. The highest BCUT2D eigenvalue weighted by atomic mass is 35.5. The van der Waals surface area contributed by atoms with Crippen LogP contribution < -0.4 is 5.73 Å². The number of carbonyl (C=O) groups excluding carboxylic acids is 1. The number of nitrogens with zero attached hydrogens (tertiary/aromatic N) is 2.